The van der Waals surface area contributed by atoms with Crippen LogP contribution in [0.5, 0.6) is 5.88 Å². The molecule has 2 aromatic rings. The number of aryl methyl sites for hydroxylation is 1. The molecular formula is C12H17N5O3S. The third kappa shape index (κ3) is 3.43. The van der Waals surface area contributed by atoms with Crippen LogP contribution in [0.25, 0.3) is 0 Å². The van der Waals surface area contributed by atoms with Gasteiger partial charge in [0.1, 0.15) is 4.90 Å². The number of anilines is 2. The Balaban J connectivity index is 2.24. The van der Waals surface area contributed by atoms with E-state index in [9.17, 15) is 8.42 Å². The molecule has 3 N–H and O–H groups in total. The second-order valence-electron chi connectivity index (χ2n) is 4.34. The number of rotatable bonds is 6. The first-order valence-electron chi connectivity index (χ1n) is 6.32. The summed E-state index contributed by atoms with van der Waals surface area (Å²) in [6, 6.07) is 3.11. The normalized spacial score (nSPS) is 11.3. The Morgan fingerprint density at radius 3 is 2.76 bits per heavy atom. The minimum Gasteiger partial charge on any atom is -0.481 e. The van der Waals surface area contributed by atoms with Gasteiger partial charge in [0.25, 0.3) is 10.0 Å². The molecule has 0 unspecified atom stereocenters. The van der Waals surface area contributed by atoms with Crippen LogP contribution in [0, 0.1) is 0 Å². The minimum atomic E-state index is -3.80. The van der Waals surface area contributed by atoms with Crippen LogP contribution in [0.4, 0.5) is 11.5 Å². The number of methoxy groups -OCH3 is 1. The molecule has 2 aromatic heterocycles. The van der Waals surface area contributed by atoms with E-state index in [1.165, 1.54) is 24.2 Å². The van der Waals surface area contributed by atoms with Gasteiger partial charge in [-0.15, -0.1) is 0 Å². The molecule has 0 fully saturated rings. The summed E-state index contributed by atoms with van der Waals surface area (Å²) in [4.78, 5) is 3.88. The second-order valence-corrected chi connectivity index (χ2v) is 5.99. The number of hydrogen-bond acceptors (Lipinski definition) is 6. The zero-order valence-electron chi connectivity index (χ0n) is 11.8. The van der Waals surface area contributed by atoms with E-state index in [-0.39, 0.29) is 10.7 Å². The average molecular weight is 311 g/mol. The van der Waals surface area contributed by atoms with E-state index in [1.807, 2.05) is 6.92 Å². The van der Waals surface area contributed by atoms with Gasteiger partial charge in [0, 0.05) is 18.8 Å². The molecule has 9 heteroatoms. The first kappa shape index (κ1) is 15.1. The number of nitrogen functional groups attached to an aromatic ring is 1. The van der Waals surface area contributed by atoms with E-state index in [0.717, 1.165) is 6.42 Å². The van der Waals surface area contributed by atoms with Gasteiger partial charge in [-0.25, -0.2) is 13.4 Å². The molecule has 2 rings (SSSR count). The third-order valence-corrected chi connectivity index (χ3v) is 4.09. The topological polar surface area (TPSA) is 112 Å². The fraction of sp³-hybridized carbons (Fsp3) is 0.333. The van der Waals surface area contributed by atoms with E-state index in [4.69, 9.17) is 10.5 Å². The Bertz CT molecular complexity index is 709. The van der Waals surface area contributed by atoms with Crippen LogP contribution in [-0.2, 0) is 16.6 Å². The molecule has 0 saturated heterocycles. The summed E-state index contributed by atoms with van der Waals surface area (Å²) >= 11 is 0. The molecule has 2 heterocycles. The van der Waals surface area contributed by atoms with E-state index in [2.05, 4.69) is 14.8 Å². The molecule has 0 spiro atoms. The van der Waals surface area contributed by atoms with Crippen molar-refractivity contribution in [3.63, 3.8) is 0 Å². The lowest BCUT2D eigenvalue weighted by atomic mass is 10.4. The smallest absolute Gasteiger partial charge is 0.267 e. The van der Waals surface area contributed by atoms with E-state index in [1.54, 1.807) is 12.1 Å². The molecule has 0 radical (unpaired) electrons. The maximum atomic E-state index is 12.3. The van der Waals surface area contributed by atoms with Crippen LogP contribution in [-0.4, -0.2) is 30.3 Å². The van der Waals surface area contributed by atoms with Gasteiger partial charge in [0.15, 0.2) is 5.82 Å². The van der Waals surface area contributed by atoms with Gasteiger partial charge in [-0.05, 0) is 12.5 Å². The minimum absolute atomic E-state index is 0.0302. The predicted octanol–water partition coefficient (Wildman–Crippen LogP) is 1.08. The maximum Gasteiger partial charge on any atom is 0.267 e. The molecule has 0 aromatic carbocycles. The zero-order valence-corrected chi connectivity index (χ0v) is 12.6. The first-order chi connectivity index (χ1) is 9.96. The lowest BCUT2D eigenvalue weighted by Crippen LogP contribution is -2.14. The molecule has 0 aliphatic heterocycles. The largest absolute Gasteiger partial charge is 0.481 e. The number of hydrogen-bond donors (Lipinski definition) is 2. The Labute approximate surface area is 123 Å². The Hall–Kier alpha value is -2.29. The van der Waals surface area contributed by atoms with Crippen LogP contribution in [0.15, 0.2) is 29.4 Å². The maximum absolute atomic E-state index is 12.3. The number of aromatic nitrogens is 3. The highest BCUT2D eigenvalue weighted by Crippen LogP contribution is 2.21. The van der Waals surface area contributed by atoms with Crippen molar-refractivity contribution in [3.8, 4) is 5.88 Å². The number of nitrogens with zero attached hydrogens (tertiary/aromatic N) is 3. The summed E-state index contributed by atoms with van der Waals surface area (Å²) in [5.74, 6) is 0.366. The van der Waals surface area contributed by atoms with Gasteiger partial charge in [-0.1, -0.05) is 6.92 Å². The number of ether oxygens (including phenoxy) is 1. The van der Waals surface area contributed by atoms with Crippen molar-refractivity contribution in [2.45, 2.75) is 24.8 Å². The lowest BCUT2D eigenvalue weighted by Gasteiger charge is -2.06. The van der Waals surface area contributed by atoms with Crippen LogP contribution in [0.1, 0.15) is 13.3 Å². The van der Waals surface area contributed by atoms with Crippen molar-refractivity contribution >= 4 is 21.5 Å². The summed E-state index contributed by atoms with van der Waals surface area (Å²) in [5.41, 5.74) is 5.99. The van der Waals surface area contributed by atoms with Gasteiger partial charge >= 0.3 is 0 Å². The Morgan fingerprint density at radius 1 is 1.43 bits per heavy atom. The number of nitrogens with two attached hydrogens (primary N) is 1. The quantitative estimate of drug-likeness (QED) is 0.825. The molecule has 21 heavy (non-hydrogen) atoms. The Kier molecular flexibility index (Phi) is 4.32. The summed E-state index contributed by atoms with van der Waals surface area (Å²) in [6.07, 6.45) is 3.61. The molecule has 0 aliphatic carbocycles. The van der Waals surface area contributed by atoms with E-state index in [0.29, 0.717) is 18.1 Å². The summed E-state index contributed by atoms with van der Waals surface area (Å²) < 4.78 is 33.4. The van der Waals surface area contributed by atoms with Crippen LogP contribution in [0.2, 0.25) is 0 Å². The number of sulfonamides is 1. The highest BCUT2D eigenvalue weighted by atomic mass is 32.2. The van der Waals surface area contributed by atoms with Crippen molar-refractivity contribution in [1.82, 2.24) is 14.8 Å². The van der Waals surface area contributed by atoms with Gasteiger partial charge < -0.3 is 10.5 Å². The van der Waals surface area contributed by atoms with E-state index < -0.39 is 10.0 Å². The molecular weight excluding hydrogens is 294 g/mol. The first-order valence-corrected chi connectivity index (χ1v) is 7.80. The molecule has 0 atom stereocenters. The van der Waals surface area contributed by atoms with Crippen molar-refractivity contribution in [3.05, 3.63) is 24.5 Å². The SMILES string of the molecule is CCCn1cc(S(=O)(=O)Nc2ccc(OC)nc2)c(N)n1. The van der Waals surface area contributed by atoms with Crippen LogP contribution < -0.4 is 15.2 Å². The van der Waals surface area contributed by atoms with E-state index >= 15 is 0 Å². The van der Waals surface area contributed by atoms with Crippen molar-refractivity contribution < 1.29 is 13.2 Å². The fourth-order valence-electron chi connectivity index (χ4n) is 1.74. The summed E-state index contributed by atoms with van der Waals surface area (Å²) in [5, 5.41) is 3.98. The number of pyridine rings is 1. The molecule has 114 valence electrons. The summed E-state index contributed by atoms with van der Waals surface area (Å²) in [7, 11) is -2.32. The second kappa shape index (κ2) is 6.00. The van der Waals surface area contributed by atoms with Crippen LogP contribution in [0.3, 0.4) is 0 Å². The highest BCUT2D eigenvalue weighted by Gasteiger charge is 2.21. The van der Waals surface area contributed by atoms with Gasteiger partial charge in [0.05, 0.1) is 19.0 Å². The monoisotopic (exact) mass is 311 g/mol. The molecule has 8 nitrogen and oxygen atoms in total. The van der Waals surface area contributed by atoms with Crippen LogP contribution >= 0.6 is 0 Å². The molecule has 0 bridgehead atoms. The number of nitrogens with one attached hydrogen (secondary N) is 1. The molecule has 0 saturated carbocycles. The predicted molar refractivity (Wildman–Crippen MR) is 78.5 cm³/mol. The van der Waals surface area contributed by atoms with Gasteiger partial charge in [-0.3, -0.25) is 9.40 Å². The van der Waals surface area contributed by atoms with Crippen molar-refractivity contribution in [2.75, 3.05) is 17.6 Å². The Morgan fingerprint density at radius 2 is 2.19 bits per heavy atom. The zero-order chi connectivity index (χ0) is 15.5. The van der Waals surface area contributed by atoms with Gasteiger partial charge in [0.2, 0.25) is 5.88 Å². The van der Waals surface area contributed by atoms with Crippen molar-refractivity contribution in [2.24, 2.45) is 0 Å². The third-order valence-electron chi connectivity index (χ3n) is 2.69. The van der Waals surface area contributed by atoms with Gasteiger partial charge in [-0.2, -0.15) is 5.10 Å². The standard InChI is InChI=1S/C12H17N5O3S/c1-3-6-17-8-10(12(13)15-17)21(18,19)16-9-4-5-11(20-2)14-7-9/h4-5,7-8,16H,3,6H2,1-2H3,(H2,13,15). The lowest BCUT2D eigenvalue weighted by molar-refractivity contribution is 0.398. The molecule has 0 amide bonds. The highest BCUT2D eigenvalue weighted by molar-refractivity contribution is 7.92. The molecule has 0 aliphatic rings. The summed E-state index contributed by atoms with van der Waals surface area (Å²) in [6.45, 7) is 2.57. The average Bonchev–Trinajstić information content (AvgIpc) is 2.81. The van der Waals surface area contributed by atoms with Crippen molar-refractivity contribution in [1.29, 1.82) is 0 Å². The fourth-order valence-corrected chi connectivity index (χ4v) is 2.86.